The number of hydrogen-bond donors (Lipinski definition) is 0. The number of benzene rings is 1. The minimum absolute atomic E-state index is 0.0501. The number of amidine groups is 1. The first-order valence-corrected chi connectivity index (χ1v) is 10.8. The number of nitriles is 1. The number of sulfonamides is 1. The van der Waals surface area contributed by atoms with Gasteiger partial charge in [-0.25, -0.2) is 0 Å². The normalized spacial score (nSPS) is 19.7. The van der Waals surface area contributed by atoms with Crippen molar-refractivity contribution in [2.75, 3.05) is 39.8 Å². The molecule has 0 spiro atoms. The Morgan fingerprint density at radius 2 is 1.89 bits per heavy atom. The standard InChI is InChI=1S/C19H25N5O3S/c1-14(2)16(12-20)23-8-10-24(11-9-23)18(25)13-22(3)19-15-6-4-5-7-17(15)28(26,27)21-19/h4-7,14,16H,8-11,13H2,1-3H3. The third kappa shape index (κ3) is 3.88. The van der Waals surface area contributed by atoms with Crippen LogP contribution in [0.3, 0.4) is 0 Å². The zero-order chi connectivity index (χ0) is 20.5. The Kier molecular flexibility index (Phi) is 5.72. The molecule has 2 heterocycles. The monoisotopic (exact) mass is 403 g/mol. The minimum atomic E-state index is -3.70. The second-order valence-electron chi connectivity index (χ2n) is 7.48. The summed E-state index contributed by atoms with van der Waals surface area (Å²) in [7, 11) is -2.03. The van der Waals surface area contributed by atoms with Crippen LogP contribution in [0, 0.1) is 17.2 Å². The maximum Gasteiger partial charge on any atom is 0.285 e. The fourth-order valence-electron chi connectivity index (χ4n) is 3.64. The lowest BCUT2D eigenvalue weighted by atomic mass is 10.0. The van der Waals surface area contributed by atoms with E-state index in [0.717, 1.165) is 0 Å². The van der Waals surface area contributed by atoms with Crippen LogP contribution in [0.4, 0.5) is 0 Å². The van der Waals surface area contributed by atoms with E-state index in [4.69, 9.17) is 0 Å². The Balaban J connectivity index is 1.63. The highest BCUT2D eigenvalue weighted by atomic mass is 32.2. The molecule has 2 aliphatic rings. The molecule has 9 heteroatoms. The van der Waals surface area contributed by atoms with Crippen LogP contribution in [-0.4, -0.2) is 80.7 Å². The summed E-state index contributed by atoms with van der Waals surface area (Å²) < 4.78 is 28.2. The number of likely N-dealkylation sites (N-methyl/N-ethyl adjacent to an activating group) is 1. The highest BCUT2D eigenvalue weighted by Crippen LogP contribution is 2.27. The van der Waals surface area contributed by atoms with Gasteiger partial charge in [0.15, 0.2) is 5.84 Å². The first-order valence-electron chi connectivity index (χ1n) is 9.31. The van der Waals surface area contributed by atoms with Crippen molar-refractivity contribution in [2.24, 2.45) is 10.3 Å². The zero-order valence-corrected chi connectivity index (χ0v) is 17.2. The summed E-state index contributed by atoms with van der Waals surface area (Å²) in [5.74, 6) is 0.456. The summed E-state index contributed by atoms with van der Waals surface area (Å²) in [6.45, 7) is 6.52. The van der Waals surface area contributed by atoms with Crippen molar-refractivity contribution >= 4 is 21.8 Å². The predicted octanol–water partition coefficient (Wildman–Crippen LogP) is 0.760. The van der Waals surface area contributed by atoms with Crippen LogP contribution in [0.25, 0.3) is 0 Å². The van der Waals surface area contributed by atoms with Gasteiger partial charge >= 0.3 is 0 Å². The van der Waals surface area contributed by atoms with Gasteiger partial charge in [0.05, 0.1) is 12.6 Å². The molecule has 0 aromatic heterocycles. The van der Waals surface area contributed by atoms with E-state index < -0.39 is 10.0 Å². The van der Waals surface area contributed by atoms with Crippen molar-refractivity contribution in [3.63, 3.8) is 0 Å². The van der Waals surface area contributed by atoms with Crippen LogP contribution < -0.4 is 0 Å². The van der Waals surface area contributed by atoms with Crippen molar-refractivity contribution in [1.29, 1.82) is 5.26 Å². The SMILES string of the molecule is CC(C)C(C#N)N1CCN(C(=O)CN(C)C2=NS(=O)(=O)c3ccccc32)CC1. The average molecular weight is 404 g/mol. The minimum Gasteiger partial charge on any atom is -0.349 e. The summed E-state index contributed by atoms with van der Waals surface area (Å²) in [5, 5.41) is 9.35. The second kappa shape index (κ2) is 7.89. The summed E-state index contributed by atoms with van der Waals surface area (Å²) in [5.41, 5.74) is 0.524. The molecular formula is C19H25N5O3S. The van der Waals surface area contributed by atoms with Gasteiger partial charge in [0.25, 0.3) is 10.0 Å². The Labute approximate surface area is 166 Å². The van der Waals surface area contributed by atoms with Crippen LogP contribution in [0.5, 0.6) is 0 Å². The van der Waals surface area contributed by atoms with Crippen LogP contribution >= 0.6 is 0 Å². The first kappa shape index (κ1) is 20.3. The molecule has 1 unspecified atom stereocenters. The molecule has 3 rings (SSSR count). The second-order valence-corrected chi connectivity index (χ2v) is 9.05. The van der Waals surface area contributed by atoms with Crippen LogP contribution in [0.2, 0.25) is 0 Å². The summed E-state index contributed by atoms with van der Waals surface area (Å²) in [4.78, 5) is 18.4. The van der Waals surface area contributed by atoms with Gasteiger partial charge in [0, 0.05) is 38.8 Å². The van der Waals surface area contributed by atoms with Crippen molar-refractivity contribution < 1.29 is 13.2 Å². The number of hydrogen-bond acceptors (Lipinski definition) is 6. The van der Waals surface area contributed by atoms with E-state index in [1.54, 1.807) is 35.0 Å². The van der Waals surface area contributed by atoms with Crippen molar-refractivity contribution in [3.8, 4) is 6.07 Å². The van der Waals surface area contributed by atoms with E-state index in [1.807, 2.05) is 13.8 Å². The van der Waals surface area contributed by atoms with Crippen LogP contribution in [-0.2, 0) is 14.8 Å². The van der Waals surface area contributed by atoms with Gasteiger partial charge in [-0.3, -0.25) is 9.69 Å². The maximum atomic E-state index is 12.7. The van der Waals surface area contributed by atoms with Crippen molar-refractivity contribution in [2.45, 2.75) is 24.8 Å². The molecule has 1 aromatic rings. The molecule has 1 atom stereocenters. The molecule has 0 N–H and O–H groups in total. The number of nitrogens with zero attached hydrogens (tertiary/aromatic N) is 5. The highest BCUT2D eigenvalue weighted by molar-refractivity contribution is 7.90. The van der Waals surface area contributed by atoms with Crippen LogP contribution in [0.15, 0.2) is 33.6 Å². The number of fused-ring (bicyclic) bond motifs is 1. The maximum absolute atomic E-state index is 12.7. The molecule has 1 amide bonds. The fraction of sp³-hybridized carbons (Fsp3) is 0.526. The topological polar surface area (TPSA) is 97.1 Å². The van der Waals surface area contributed by atoms with E-state index in [0.29, 0.717) is 37.6 Å². The molecule has 2 aliphatic heterocycles. The van der Waals surface area contributed by atoms with Gasteiger partial charge in [-0.1, -0.05) is 26.0 Å². The predicted molar refractivity (Wildman–Crippen MR) is 105 cm³/mol. The lowest BCUT2D eigenvalue weighted by molar-refractivity contribution is -0.133. The Hall–Kier alpha value is -2.44. The van der Waals surface area contributed by atoms with Gasteiger partial charge in [-0.05, 0) is 18.1 Å². The molecule has 1 fully saturated rings. The molecule has 0 aliphatic carbocycles. The van der Waals surface area contributed by atoms with E-state index in [1.165, 1.54) is 6.07 Å². The molecule has 1 saturated heterocycles. The van der Waals surface area contributed by atoms with E-state index >= 15 is 0 Å². The number of piperazine rings is 1. The zero-order valence-electron chi connectivity index (χ0n) is 16.4. The van der Waals surface area contributed by atoms with Gasteiger partial charge in [-0.2, -0.15) is 13.7 Å². The lowest BCUT2D eigenvalue weighted by Gasteiger charge is -2.38. The highest BCUT2D eigenvalue weighted by Gasteiger charge is 2.32. The Morgan fingerprint density at radius 3 is 2.50 bits per heavy atom. The molecule has 0 saturated carbocycles. The summed E-state index contributed by atoms with van der Waals surface area (Å²) in [6.07, 6.45) is 0. The van der Waals surface area contributed by atoms with Gasteiger partial charge < -0.3 is 9.80 Å². The van der Waals surface area contributed by atoms with Crippen molar-refractivity contribution in [1.82, 2.24) is 14.7 Å². The van der Waals surface area contributed by atoms with Gasteiger partial charge in [-0.15, -0.1) is 4.40 Å². The average Bonchev–Trinajstić information content (AvgIpc) is 2.94. The molecule has 0 bridgehead atoms. The molecule has 1 aromatic carbocycles. The molecule has 8 nitrogen and oxygen atoms in total. The largest absolute Gasteiger partial charge is 0.349 e. The third-order valence-corrected chi connectivity index (χ3v) is 6.50. The Morgan fingerprint density at radius 1 is 1.25 bits per heavy atom. The Bertz CT molecular complexity index is 927. The van der Waals surface area contributed by atoms with E-state index in [9.17, 15) is 18.5 Å². The molecular weight excluding hydrogens is 378 g/mol. The lowest BCUT2D eigenvalue weighted by Crippen LogP contribution is -2.54. The number of carbonyl (C=O) groups excluding carboxylic acids is 1. The molecule has 150 valence electrons. The van der Waals surface area contributed by atoms with Crippen molar-refractivity contribution in [3.05, 3.63) is 29.8 Å². The smallest absolute Gasteiger partial charge is 0.285 e. The van der Waals surface area contributed by atoms with Crippen LogP contribution in [0.1, 0.15) is 19.4 Å². The van der Waals surface area contributed by atoms with E-state index in [2.05, 4.69) is 15.4 Å². The van der Waals surface area contributed by atoms with Gasteiger partial charge in [0.1, 0.15) is 10.9 Å². The third-order valence-electron chi connectivity index (χ3n) is 5.17. The quantitative estimate of drug-likeness (QED) is 0.736. The summed E-state index contributed by atoms with van der Waals surface area (Å²) >= 11 is 0. The number of amides is 1. The summed E-state index contributed by atoms with van der Waals surface area (Å²) in [6, 6.07) is 8.84. The first-order chi connectivity index (χ1) is 13.2. The van der Waals surface area contributed by atoms with E-state index in [-0.39, 0.29) is 29.3 Å². The number of carbonyl (C=O) groups is 1. The molecule has 28 heavy (non-hydrogen) atoms. The van der Waals surface area contributed by atoms with Gasteiger partial charge in [0.2, 0.25) is 5.91 Å². The number of rotatable bonds is 4. The molecule has 0 radical (unpaired) electrons. The fourth-order valence-corrected chi connectivity index (χ4v) is 4.89.